The van der Waals surface area contributed by atoms with Gasteiger partial charge in [-0.05, 0) is 31.7 Å². The van der Waals surface area contributed by atoms with E-state index < -0.39 is 0 Å². The highest BCUT2D eigenvalue weighted by Crippen LogP contribution is 2.18. The van der Waals surface area contributed by atoms with Gasteiger partial charge in [0, 0.05) is 19.1 Å². The smallest absolute Gasteiger partial charge is 0.315 e. The number of rotatable bonds is 6. The van der Waals surface area contributed by atoms with Crippen LogP contribution in [0.4, 0.5) is 4.79 Å². The van der Waals surface area contributed by atoms with Crippen LogP contribution in [0.1, 0.15) is 38.5 Å². The van der Waals surface area contributed by atoms with E-state index in [9.17, 15) is 15.0 Å². The number of likely N-dealkylation sites (tertiary alicyclic amines) is 1. The van der Waals surface area contributed by atoms with Gasteiger partial charge in [0.05, 0.1) is 19.3 Å². The molecule has 2 rings (SSSR count). The third-order valence-corrected chi connectivity index (χ3v) is 4.75. The molecule has 1 aliphatic heterocycles. The number of nitrogens with one attached hydrogen (secondary N) is 2. The minimum absolute atomic E-state index is 0.0151. The predicted molar refractivity (Wildman–Crippen MR) is 81.0 cm³/mol. The average Bonchev–Trinajstić information content (AvgIpc) is 2.96. The van der Waals surface area contributed by atoms with Crippen molar-refractivity contribution in [2.75, 3.05) is 32.8 Å². The van der Waals surface area contributed by atoms with Crippen LogP contribution in [0.3, 0.4) is 0 Å². The molecule has 1 atom stereocenters. The first kappa shape index (κ1) is 16.5. The Morgan fingerprint density at radius 2 is 1.86 bits per heavy atom. The van der Waals surface area contributed by atoms with E-state index >= 15 is 0 Å². The van der Waals surface area contributed by atoms with Crippen molar-refractivity contribution in [3.63, 3.8) is 0 Å². The van der Waals surface area contributed by atoms with Crippen LogP contribution < -0.4 is 10.6 Å². The van der Waals surface area contributed by atoms with E-state index in [1.54, 1.807) is 0 Å². The van der Waals surface area contributed by atoms with Gasteiger partial charge in [-0.1, -0.05) is 19.3 Å². The first-order chi connectivity index (χ1) is 10.2. The molecule has 1 aliphatic carbocycles. The first-order valence-corrected chi connectivity index (χ1v) is 8.23. The molecule has 122 valence electrons. The molecule has 0 bridgehead atoms. The summed E-state index contributed by atoms with van der Waals surface area (Å²) in [5.74, 6) is 0.405. The van der Waals surface area contributed by atoms with E-state index in [1.807, 2.05) is 0 Å². The van der Waals surface area contributed by atoms with Crippen LogP contribution in [0.5, 0.6) is 0 Å². The maximum atomic E-state index is 11.9. The number of aliphatic hydroxyl groups is 2. The normalized spacial score (nSPS) is 24.4. The molecule has 6 heteroatoms. The van der Waals surface area contributed by atoms with E-state index in [0.29, 0.717) is 18.5 Å². The second kappa shape index (κ2) is 8.56. The van der Waals surface area contributed by atoms with Gasteiger partial charge in [-0.2, -0.15) is 0 Å². The lowest BCUT2D eigenvalue weighted by Crippen LogP contribution is -2.45. The van der Waals surface area contributed by atoms with Crippen molar-refractivity contribution in [1.82, 2.24) is 15.5 Å². The number of nitrogens with zero attached hydrogens (tertiary/aromatic N) is 1. The lowest BCUT2D eigenvalue weighted by atomic mass is 9.96. The zero-order valence-electron chi connectivity index (χ0n) is 12.8. The summed E-state index contributed by atoms with van der Waals surface area (Å²) in [5.41, 5.74) is 0. The zero-order valence-corrected chi connectivity index (χ0v) is 12.8. The van der Waals surface area contributed by atoms with Gasteiger partial charge in [-0.15, -0.1) is 0 Å². The van der Waals surface area contributed by atoms with Gasteiger partial charge in [-0.25, -0.2) is 4.79 Å². The van der Waals surface area contributed by atoms with Crippen molar-refractivity contribution < 1.29 is 15.0 Å². The summed E-state index contributed by atoms with van der Waals surface area (Å²) in [7, 11) is 0. The van der Waals surface area contributed by atoms with Crippen LogP contribution in [-0.2, 0) is 0 Å². The van der Waals surface area contributed by atoms with Crippen LogP contribution >= 0.6 is 0 Å². The molecule has 0 radical (unpaired) electrons. The van der Waals surface area contributed by atoms with Crippen molar-refractivity contribution >= 4 is 6.03 Å². The SMILES string of the molecule is O=C(NC[C@H]1CCN(C(CO)CO)C1)NC1CCCCC1. The van der Waals surface area contributed by atoms with Crippen molar-refractivity contribution in [3.05, 3.63) is 0 Å². The Labute approximate surface area is 126 Å². The maximum absolute atomic E-state index is 11.9. The monoisotopic (exact) mass is 299 g/mol. The second-order valence-electron chi connectivity index (χ2n) is 6.36. The highest BCUT2D eigenvalue weighted by molar-refractivity contribution is 5.74. The van der Waals surface area contributed by atoms with Crippen LogP contribution in [0.25, 0.3) is 0 Å². The molecule has 0 unspecified atom stereocenters. The molecule has 0 aromatic carbocycles. The summed E-state index contributed by atoms with van der Waals surface area (Å²) >= 11 is 0. The molecular formula is C15H29N3O3. The van der Waals surface area contributed by atoms with Gasteiger partial charge < -0.3 is 20.8 Å². The molecule has 0 aromatic rings. The van der Waals surface area contributed by atoms with E-state index in [-0.39, 0.29) is 25.3 Å². The number of urea groups is 1. The number of carbonyl (C=O) groups excluding carboxylic acids is 1. The van der Waals surface area contributed by atoms with E-state index in [0.717, 1.165) is 32.4 Å². The highest BCUT2D eigenvalue weighted by Gasteiger charge is 2.27. The Bertz CT molecular complexity index is 317. The zero-order chi connectivity index (χ0) is 15.1. The summed E-state index contributed by atoms with van der Waals surface area (Å²) in [6.07, 6.45) is 6.91. The Balaban J connectivity index is 1.63. The van der Waals surface area contributed by atoms with Crippen LogP contribution in [0.15, 0.2) is 0 Å². The fourth-order valence-electron chi connectivity index (χ4n) is 3.37. The molecule has 0 aromatic heterocycles. The second-order valence-corrected chi connectivity index (χ2v) is 6.36. The molecule has 1 saturated heterocycles. The van der Waals surface area contributed by atoms with E-state index in [2.05, 4.69) is 15.5 Å². The van der Waals surface area contributed by atoms with Crippen LogP contribution in [0, 0.1) is 5.92 Å². The van der Waals surface area contributed by atoms with Gasteiger partial charge in [0.15, 0.2) is 0 Å². The Hall–Kier alpha value is -0.850. The Morgan fingerprint density at radius 1 is 1.14 bits per heavy atom. The molecule has 2 fully saturated rings. The fourth-order valence-corrected chi connectivity index (χ4v) is 3.37. The summed E-state index contributed by atoms with van der Waals surface area (Å²) in [5, 5.41) is 24.4. The number of amides is 2. The first-order valence-electron chi connectivity index (χ1n) is 8.23. The van der Waals surface area contributed by atoms with Gasteiger partial charge in [0.1, 0.15) is 0 Å². The van der Waals surface area contributed by atoms with Crippen molar-refractivity contribution in [2.24, 2.45) is 5.92 Å². The highest BCUT2D eigenvalue weighted by atomic mass is 16.3. The van der Waals surface area contributed by atoms with Gasteiger partial charge in [-0.3, -0.25) is 4.90 Å². The van der Waals surface area contributed by atoms with Crippen molar-refractivity contribution in [1.29, 1.82) is 0 Å². The molecule has 2 amide bonds. The number of aliphatic hydroxyl groups excluding tert-OH is 2. The number of hydrogen-bond donors (Lipinski definition) is 4. The number of hydrogen-bond acceptors (Lipinski definition) is 4. The molecule has 6 nitrogen and oxygen atoms in total. The van der Waals surface area contributed by atoms with Crippen LogP contribution in [-0.4, -0.2) is 66.1 Å². The largest absolute Gasteiger partial charge is 0.395 e. The van der Waals surface area contributed by atoms with Crippen molar-refractivity contribution in [3.8, 4) is 0 Å². The molecule has 2 aliphatic rings. The Morgan fingerprint density at radius 3 is 2.52 bits per heavy atom. The molecule has 1 heterocycles. The van der Waals surface area contributed by atoms with Gasteiger partial charge in [0.25, 0.3) is 0 Å². The van der Waals surface area contributed by atoms with E-state index in [1.165, 1.54) is 19.3 Å². The molecule has 21 heavy (non-hydrogen) atoms. The van der Waals surface area contributed by atoms with Crippen LogP contribution in [0.2, 0.25) is 0 Å². The summed E-state index contributed by atoms with van der Waals surface area (Å²) in [6, 6.07) is 0.124. The maximum Gasteiger partial charge on any atom is 0.315 e. The third-order valence-electron chi connectivity index (χ3n) is 4.75. The summed E-state index contributed by atoms with van der Waals surface area (Å²) in [6.45, 7) is 2.34. The minimum Gasteiger partial charge on any atom is -0.395 e. The standard InChI is InChI=1S/C15H29N3O3/c19-10-14(11-20)18-7-6-12(9-18)8-16-15(21)17-13-4-2-1-3-5-13/h12-14,19-20H,1-11H2,(H2,16,17,21)/t12-/m1/s1. The van der Waals surface area contributed by atoms with E-state index in [4.69, 9.17) is 0 Å². The number of carbonyl (C=O) groups is 1. The molecule has 4 N–H and O–H groups in total. The summed E-state index contributed by atoms with van der Waals surface area (Å²) < 4.78 is 0. The van der Waals surface area contributed by atoms with Crippen molar-refractivity contribution in [2.45, 2.75) is 50.6 Å². The average molecular weight is 299 g/mol. The molecular weight excluding hydrogens is 270 g/mol. The topological polar surface area (TPSA) is 84.8 Å². The Kier molecular flexibility index (Phi) is 6.73. The fraction of sp³-hybridized carbons (Fsp3) is 0.933. The lowest BCUT2D eigenvalue weighted by molar-refractivity contribution is 0.0880. The van der Waals surface area contributed by atoms with Gasteiger partial charge in [0.2, 0.25) is 0 Å². The lowest BCUT2D eigenvalue weighted by Gasteiger charge is -2.25. The minimum atomic E-state index is -0.161. The van der Waals surface area contributed by atoms with Gasteiger partial charge >= 0.3 is 6.03 Å². The summed E-state index contributed by atoms with van der Waals surface area (Å²) in [4.78, 5) is 14.0. The third kappa shape index (κ3) is 5.13. The quantitative estimate of drug-likeness (QED) is 0.568. The molecule has 1 saturated carbocycles. The molecule has 0 spiro atoms. The predicted octanol–water partition coefficient (Wildman–Crippen LogP) is 0.293.